The van der Waals surface area contributed by atoms with Crippen LogP contribution >= 0.6 is 0 Å². The summed E-state index contributed by atoms with van der Waals surface area (Å²) >= 11 is 0. The van der Waals surface area contributed by atoms with Crippen molar-refractivity contribution in [3.05, 3.63) is 48.4 Å². The SMILES string of the molecule is NNc1cc(S(=O)(=O)NCc2cccnc2)ccn1. The van der Waals surface area contributed by atoms with Crippen molar-refractivity contribution in [2.45, 2.75) is 11.4 Å². The van der Waals surface area contributed by atoms with E-state index in [0.29, 0.717) is 0 Å². The van der Waals surface area contributed by atoms with Crippen LogP contribution in [0.4, 0.5) is 5.82 Å². The van der Waals surface area contributed by atoms with E-state index in [0.717, 1.165) is 5.56 Å². The van der Waals surface area contributed by atoms with Gasteiger partial charge in [-0.3, -0.25) is 4.98 Å². The Morgan fingerprint density at radius 2 is 2.11 bits per heavy atom. The number of nitrogens with one attached hydrogen (secondary N) is 2. The highest BCUT2D eigenvalue weighted by Gasteiger charge is 2.14. The summed E-state index contributed by atoms with van der Waals surface area (Å²) in [6.45, 7) is 0.171. The predicted octanol–water partition coefficient (Wildman–Crippen LogP) is 0.241. The van der Waals surface area contributed by atoms with Gasteiger partial charge in [0, 0.05) is 31.2 Å². The Labute approximate surface area is 110 Å². The van der Waals surface area contributed by atoms with Crippen LogP contribution in [-0.4, -0.2) is 18.4 Å². The highest BCUT2D eigenvalue weighted by atomic mass is 32.2. The normalized spacial score (nSPS) is 11.2. The zero-order valence-electron chi connectivity index (χ0n) is 9.95. The van der Waals surface area contributed by atoms with Crippen molar-refractivity contribution in [1.29, 1.82) is 0 Å². The minimum atomic E-state index is -3.60. The topological polar surface area (TPSA) is 110 Å². The molecule has 0 fully saturated rings. The van der Waals surface area contributed by atoms with Crippen molar-refractivity contribution in [3.63, 3.8) is 0 Å². The fourth-order valence-electron chi connectivity index (χ4n) is 1.42. The van der Waals surface area contributed by atoms with E-state index in [4.69, 9.17) is 5.84 Å². The van der Waals surface area contributed by atoms with Crippen LogP contribution in [0.15, 0.2) is 47.8 Å². The van der Waals surface area contributed by atoms with E-state index < -0.39 is 10.0 Å². The van der Waals surface area contributed by atoms with Gasteiger partial charge >= 0.3 is 0 Å². The molecular weight excluding hydrogens is 266 g/mol. The predicted molar refractivity (Wildman–Crippen MR) is 70.3 cm³/mol. The fourth-order valence-corrected chi connectivity index (χ4v) is 2.45. The second-order valence-electron chi connectivity index (χ2n) is 3.71. The van der Waals surface area contributed by atoms with Gasteiger partial charge in [-0.15, -0.1) is 0 Å². The van der Waals surface area contributed by atoms with Crippen molar-refractivity contribution >= 4 is 15.8 Å². The number of anilines is 1. The lowest BCUT2D eigenvalue weighted by Crippen LogP contribution is -2.23. The highest BCUT2D eigenvalue weighted by Crippen LogP contribution is 2.12. The number of hydrazine groups is 1. The van der Waals surface area contributed by atoms with Crippen molar-refractivity contribution in [2.75, 3.05) is 5.43 Å². The molecule has 0 amide bonds. The number of sulfonamides is 1. The Bertz CT molecular complexity index is 645. The monoisotopic (exact) mass is 279 g/mol. The second-order valence-corrected chi connectivity index (χ2v) is 5.47. The van der Waals surface area contributed by atoms with Gasteiger partial charge in [0.2, 0.25) is 10.0 Å². The van der Waals surface area contributed by atoms with Crippen molar-refractivity contribution in [2.24, 2.45) is 5.84 Å². The van der Waals surface area contributed by atoms with Crippen LogP contribution in [0.5, 0.6) is 0 Å². The zero-order chi connectivity index (χ0) is 13.7. The minimum absolute atomic E-state index is 0.0966. The lowest BCUT2D eigenvalue weighted by molar-refractivity contribution is 0.581. The Morgan fingerprint density at radius 3 is 2.79 bits per heavy atom. The minimum Gasteiger partial charge on any atom is -0.308 e. The Morgan fingerprint density at radius 1 is 1.26 bits per heavy atom. The highest BCUT2D eigenvalue weighted by molar-refractivity contribution is 7.89. The maximum Gasteiger partial charge on any atom is 0.241 e. The number of nitrogens with zero attached hydrogens (tertiary/aromatic N) is 2. The number of rotatable bonds is 5. The zero-order valence-corrected chi connectivity index (χ0v) is 10.8. The smallest absolute Gasteiger partial charge is 0.241 e. The van der Waals surface area contributed by atoms with Crippen LogP contribution in [0.3, 0.4) is 0 Å². The van der Waals surface area contributed by atoms with E-state index in [1.807, 2.05) is 0 Å². The summed E-state index contributed by atoms with van der Waals surface area (Å²) in [6.07, 6.45) is 4.59. The molecule has 2 heterocycles. The number of hydrogen-bond acceptors (Lipinski definition) is 6. The van der Waals surface area contributed by atoms with Gasteiger partial charge in [-0.2, -0.15) is 0 Å². The molecule has 0 atom stereocenters. The van der Waals surface area contributed by atoms with E-state index in [-0.39, 0.29) is 17.3 Å². The molecule has 0 saturated heterocycles. The van der Waals surface area contributed by atoms with Crippen LogP contribution < -0.4 is 16.0 Å². The average molecular weight is 279 g/mol. The third-order valence-electron chi connectivity index (χ3n) is 2.38. The standard InChI is InChI=1S/C11H13N5O2S/c12-16-11-6-10(3-5-14-11)19(17,18)15-8-9-2-1-4-13-7-9/h1-7,15H,8,12H2,(H,14,16). The van der Waals surface area contributed by atoms with E-state index in [9.17, 15) is 8.42 Å². The molecule has 2 aromatic rings. The summed E-state index contributed by atoms with van der Waals surface area (Å²) in [5.74, 6) is 5.47. The number of aromatic nitrogens is 2. The maximum atomic E-state index is 12.0. The van der Waals surface area contributed by atoms with E-state index in [1.54, 1.807) is 24.5 Å². The van der Waals surface area contributed by atoms with Crippen LogP contribution in [0.25, 0.3) is 0 Å². The van der Waals surface area contributed by atoms with Gasteiger partial charge < -0.3 is 5.43 Å². The van der Waals surface area contributed by atoms with E-state index >= 15 is 0 Å². The molecule has 0 saturated carbocycles. The molecule has 0 aliphatic carbocycles. The first-order valence-corrected chi connectivity index (χ1v) is 6.91. The van der Waals surface area contributed by atoms with Crippen LogP contribution in [0.1, 0.15) is 5.56 Å². The summed E-state index contributed by atoms with van der Waals surface area (Å²) in [6, 6.07) is 6.28. The molecule has 4 N–H and O–H groups in total. The van der Waals surface area contributed by atoms with Crippen molar-refractivity contribution in [1.82, 2.24) is 14.7 Å². The molecule has 19 heavy (non-hydrogen) atoms. The van der Waals surface area contributed by atoms with Gasteiger partial charge in [0.25, 0.3) is 0 Å². The molecule has 0 spiro atoms. The van der Waals surface area contributed by atoms with Crippen LogP contribution in [0, 0.1) is 0 Å². The van der Waals surface area contributed by atoms with Gasteiger partial charge in [0.1, 0.15) is 5.82 Å². The van der Waals surface area contributed by atoms with Gasteiger partial charge in [-0.1, -0.05) is 6.07 Å². The molecule has 0 bridgehead atoms. The van der Waals surface area contributed by atoms with Crippen molar-refractivity contribution < 1.29 is 8.42 Å². The molecule has 7 nitrogen and oxygen atoms in total. The third kappa shape index (κ3) is 3.47. The first-order valence-electron chi connectivity index (χ1n) is 5.43. The second kappa shape index (κ2) is 5.74. The molecule has 2 rings (SSSR count). The Balaban J connectivity index is 2.14. The molecule has 0 aromatic carbocycles. The van der Waals surface area contributed by atoms with Gasteiger partial charge in [0.15, 0.2) is 0 Å². The van der Waals surface area contributed by atoms with Crippen molar-refractivity contribution in [3.8, 4) is 0 Å². The van der Waals surface area contributed by atoms with Gasteiger partial charge in [-0.05, 0) is 17.7 Å². The molecular formula is C11H13N5O2S. The summed E-state index contributed by atoms with van der Waals surface area (Å²) in [5, 5.41) is 0. The van der Waals surface area contributed by atoms with Gasteiger partial charge in [0.05, 0.1) is 4.90 Å². The maximum absolute atomic E-state index is 12.0. The van der Waals surface area contributed by atoms with E-state index in [1.165, 1.54) is 18.3 Å². The molecule has 0 unspecified atom stereocenters. The Hall–Kier alpha value is -2.03. The summed E-state index contributed by atoms with van der Waals surface area (Å²) in [7, 11) is -3.60. The Kier molecular flexibility index (Phi) is 4.05. The molecule has 0 radical (unpaired) electrons. The molecule has 0 aliphatic rings. The third-order valence-corrected chi connectivity index (χ3v) is 3.78. The summed E-state index contributed by atoms with van der Waals surface area (Å²) in [4.78, 5) is 7.86. The first-order chi connectivity index (χ1) is 9.12. The fraction of sp³-hybridized carbons (Fsp3) is 0.0909. The molecule has 8 heteroatoms. The van der Waals surface area contributed by atoms with Crippen LogP contribution in [-0.2, 0) is 16.6 Å². The lowest BCUT2D eigenvalue weighted by Gasteiger charge is -2.07. The van der Waals surface area contributed by atoms with Gasteiger partial charge in [-0.25, -0.2) is 24.0 Å². The molecule has 2 aromatic heterocycles. The average Bonchev–Trinajstić information content (AvgIpc) is 2.46. The number of nitrogens with two attached hydrogens (primary N) is 1. The number of nitrogen functional groups attached to an aromatic ring is 1. The number of pyridine rings is 2. The largest absolute Gasteiger partial charge is 0.308 e. The van der Waals surface area contributed by atoms with E-state index in [2.05, 4.69) is 20.1 Å². The summed E-state index contributed by atoms with van der Waals surface area (Å²) in [5.41, 5.74) is 3.08. The molecule has 0 aliphatic heterocycles. The van der Waals surface area contributed by atoms with Crippen LogP contribution in [0.2, 0.25) is 0 Å². The quantitative estimate of drug-likeness (QED) is 0.534. The lowest BCUT2D eigenvalue weighted by atomic mass is 10.3. The number of hydrogen-bond donors (Lipinski definition) is 3. The summed E-state index contributed by atoms with van der Waals surface area (Å²) < 4.78 is 26.6. The molecule has 100 valence electrons. The first kappa shape index (κ1) is 13.4.